The lowest BCUT2D eigenvalue weighted by Crippen LogP contribution is -2.39. The average Bonchev–Trinajstić information content (AvgIpc) is 2.34. The van der Waals surface area contributed by atoms with Crippen molar-refractivity contribution in [1.29, 1.82) is 0 Å². The Morgan fingerprint density at radius 2 is 1.32 bits per heavy atom. The summed E-state index contributed by atoms with van der Waals surface area (Å²) in [5, 5.41) is 0. The van der Waals surface area contributed by atoms with E-state index < -0.39 is 5.79 Å². The van der Waals surface area contributed by atoms with E-state index in [4.69, 9.17) is 9.47 Å². The van der Waals surface area contributed by atoms with E-state index in [1.54, 1.807) is 0 Å². The second-order valence-corrected chi connectivity index (χ2v) is 5.34. The SMILES string of the molecule is CCCCCCCCC(C)C(C)(OCC)OCC.Cl. The first-order valence-electron chi connectivity index (χ1n) is 7.88. The van der Waals surface area contributed by atoms with Crippen molar-refractivity contribution in [1.82, 2.24) is 0 Å². The Labute approximate surface area is 127 Å². The quantitative estimate of drug-likeness (QED) is 0.345. The summed E-state index contributed by atoms with van der Waals surface area (Å²) in [5.41, 5.74) is 0. The van der Waals surface area contributed by atoms with Crippen LogP contribution < -0.4 is 0 Å². The molecule has 0 saturated carbocycles. The Bertz CT molecular complexity index is 180. The summed E-state index contributed by atoms with van der Waals surface area (Å²) < 4.78 is 11.6. The molecule has 0 bridgehead atoms. The fourth-order valence-electron chi connectivity index (χ4n) is 2.39. The van der Waals surface area contributed by atoms with E-state index in [0.29, 0.717) is 5.92 Å². The van der Waals surface area contributed by atoms with Gasteiger partial charge in [-0.15, -0.1) is 12.4 Å². The van der Waals surface area contributed by atoms with Crippen LogP contribution in [0.1, 0.15) is 79.6 Å². The highest BCUT2D eigenvalue weighted by molar-refractivity contribution is 5.85. The van der Waals surface area contributed by atoms with Crippen LogP contribution in [-0.2, 0) is 9.47 Å². The van der Waals surface area contributed by atoms with Gasteiger partial charge in [0.15, 0.2) is 5.79 Å². The van der Waals surface area contributed by atoms with Crippen LogP contribution >= 0.6 is 12.4 Å². The third-order valence-electron chi connectivity index (χ3n) is 3.75. The molecule has 0 saturated heterocycles. The lowest BCUT2D eigenvalue weighted by molar-refractivity contribution is -0.249. The van der Waals surface area contributed by atoms with Crippen molar-refractivity contribution >= 4 is 12.4 Å². The highest BCUT2D eigenvalue weighted by Gasteiger charge is 2.31. The van der Waals surface area contributed by atoms with Gasteiger partial charge in [0.2, 0.25) is 0 Å². The van der Waals surface area contributed by atoms with Crippen LogP contribution in [0.3, 0.4) is 0 Å². The molecule has 1 unspecified atom stereocenters. The van der Waals surface area contributed by atoms with Crippen LogP contribution in [0, 0.1) is 5.92 Å². The van der Waals surface area contributed by atoms with Gasteiger partial charge in [-0.2, -0.15) is 0 Å². The van der Waals surface area contributed by atoms with E-state index in [2.05, 4.69) is 20.8 Å². The predicted octanol–water partition coefficient (Wildman–Crippen LogP) is 5.58. The van der Waals surface area contributed by atoms with Gasteiger partial charge in [0.05, 0.1) is 0 Å². The molecule has 0 heterocycles. The van der Waals surface area contributed by atoms with Gasteiger partial charge in [0.25, 0.3) is 0 Å². The number of unbranched alkanes of at least 4 members (excludes halogenated alkanes) is 5. The summed E-state index contributed by atoms with van der Waals surface area (Å²) in [6.07, 6.45) is 9.30. The minimum Gasteiger partial charge on any atom is -0.350 e. The maximum atomic E-state index is 5.81. The third kappa shape index (κ3) is 9.70. The van der Waals surface area contributed by atoms with E-state index in [-0.39, 0.29) is 12.4 Å². The fraction of sp³-hybridized carbons (Fsp3) is 1.00. The Kier molecular flexibility index (Phi) is 14.9. The molecule has 0 aromatic carbocycles. The maximum Gasteiger partial charge on any atom is 0.167 e. The number of ether oxygens (including phenoxy) is 2. The van der Waals surface area contributed by atoms with E-state index in [1.807, 2.05) is 13.8 Å². The highest BCUT2D eigenvalue weighted by Crippen LogP contribution is 2.28. The van der Waals surface area contributed by atoms with E-state index >= 15 is 0 Å². The van der Waals surface area contributed by atoms with Gasteiger partial charge in [0.1, 0.15) is 0 Å². The van der Waals surface area contributed by atoms with Gasteiger partial charge in [-0.05, 0) is 27.2 Å². The van der Waals surface area contributed by atoms with Gasteiger partial charge in [-0.3, -0.25) is 0 Å². The molecule has 1 atom stereocenters. The smallest absolute Gasteiger partial charge is 0.167 e. The van der Waals surface area contributed by atoms with Gasteiger partial charge in [-0.1, -0.05) is 52.4 Å². The molecule has 0 N–H and O–H groups in total. The predicted molar refractivity (Wildman–Crippen MR) is 86.1 cm³/mol. The zero-order chi connectivity index (χ0) is 13.9. The van der Waals surface area contributed by atoms with Crippen LogP contribution in [0.15, 0.2) is 0 Å². The lowest BCUT2D eigenvalue weighted by Gasteiger charge is -2.35. The molecule has 0 aliphatic carbocycles. The molecule has 0 aromatic rings. The first-order chi connectivity index (χ1) is 8.60. The molecule has 0 aromatic heterocycles. The maximum absolute atomic E-state index is 5.81. The number of rotatable bonds is 12. The van der Waals surface area contributed by atoms with E-state index in [9.17, 15) is 0 Å². The van der Waals surface area contributed by atoms with Crippen molar-refractivity contribution in [3.63, 3.8) is 0 Å². The molecule has 0 rings (SSSR count). The van der Waals surface area contributed by atoms with Gasteiger partial charge >= 0.3 is 0 Å². The zero-order valence-corrected chi connectivity index (χ0v) is 14.5. The Morgan fingerprint density at radius 1 is 0.842 bits per heavy atom. The molecule has 0 spiro atoms. The fourth-order valence-corrected chi connectivity index (χ4v) is 2.39. The van der Waals surface area contributed by atoms with Crippen LogP contribution in [0.2, 0.25) is 0 Å². The Morgan fingerprint density at radius 3 is 1.79 bits per heavy atom. The standard InChI is InChI=1S/C16H34O2.ClH/c1-6-9-10-11-12-13-14-15(4)16(5,17-7-2)18-8-3;/h15H,6-14H2,1-5H3;1H. The molecule has 118 valence electrons. The monoisotopic (exact) mass is 294 g/mol. The molecular formula is C16H35ClO2. The summed E-state index contributed by atoms with van der Waals surface area (Å²) in [4.78, 5) is 0. The zero-order valence-electron chi connectivity index (χ0n) is 13.7. The van der Waals surface area contributed by atoms with Crippen LogP contribution in [0.25, 0.3) is 0 Å². The minimum absolute atomic E-state index is 0. The Balaban J connectivity index is 0. The van der Waals surface area contributed by atoms with Crippen LogP contribution in [0.5, 0.6) is 0 Å². The van der Waals surface area contributed by atoms with Gasteiger partial charge in [-0.25, -0.2) is 0 Å². The molecule has 2 nitrogen and oxygen atoms in total. The minimum atomic E-state index is -0.396. The second-order valence-electron chi connectivity index (χ2n) is 5.34. The van der Waals surface area contributed by atoms with E-state index in [0.717, 1.165) is 13.2 Å². The molecule has 0 aliphatic heterocycles. The van der Waals surface area contributed by atoms with Crippen molar-refractivity contribution in [3.8, 4) is 0 Å². The van der Waals surface area contributed by atoms with E-state index in [1.165, 1.54) is 44.9 Å². The van der Waals surface area contributed by atoms with Crippen molar-refractivity contribution < 1.29 is 9.47 Å². The number of hydrogen-bond acceptors (Lipinski definition) is 2. The topological polar surface area (TPSA) is 18.5 Å². The molecule has 19 heavy (non-hydrogen) atoms. The van der Waals surface area contributed by atoms with Gasteiger partial charge < -0.3 is 9.47 Å². The first kappa shape index (κ1) is 21.5. The molecule has 3 heteroatoms. The molecule has 0 fully saturated rings. The van der Waals surface area contributed by atoms with Crippen molar-refractivity contribution in [2.75, 3.05) is 13.2 Å². The van der Waals surface area contributed by atoms with Crippen molar-refractivity contribution in [2.24, 2.45) is 5.92 Å². The lowest BCUT2D eigenvalue weighted by atomic mass is 9.94. The molecule has 0 radical (unpaired) electrons. The summed E-state index contributed by atoms with van der Waals surface area (Å²) in [6.45, 7) is 12.1. The van der Waals surface area contributed by atoms with Crippen LogP contribution in [-0.4, -0.2) is 19.0 Å². The average molecular weight is 295 g/mol. The van der Waals surface area contributed by atoms with Gasteiger partial charge in [0, 0.05) is 19.1 Å². The summed E-state index contributed by atoms with van der Waals surface area (Å²) in [6, 6.07) is 0. The number of halogens is 1. The normalized spacial score (nSPS) is 13.1. The van der Waals surface area contributed by atoms with Crippen LogP contribution in [0.4, 0.5) is 0 Å². The van der Waals surface area contributed by atoms with Crippen molar-refractivity contribution in [3.05, 3.63) is 0 Å². The summed E-state index contributed by atoms with van der Waals surface area (Å²) in [5.74, 6) is 0.0657. The highest BCUT2D eigenvalue weighted by atomic mass is 35.5. The molecular weight excluding hydrogens is 260 g/mol. The first-order valence-corrected chi connectivity index (χ1v) is 7.88. The molecule has 0 aliphatic rings. The summed E-state index contributed by atoms with van der Waals surface area (Å²) in [7, 11) is 0. The molecule has 0 amide bonds. The number of hydrogen-bond donors (Lipinski definition) is 0. The summed E-state index contributed by atoms with van der Waals surface area (Å²) >= 11 is 0. The Hall–Kier alpha value is 0.210. The second kappa shape index (κ2) is 13.2. The third-order valence-corrected chi connectivity index (χ3v) is 3.75. The largest absolute Gasteiger partial charge is 0.350 e. The van der Waals surface area contributed by atoms with Crippen molar-refractivity contribution in [2.45, 2.75) is 85.4 Å².